The zero-order valence-corrected chi connectivity index (χ0v) is 17.8. The van der Waals surface area contributed by atoms with Crippen LogP contribution in [0.2, 0.25) is 0 Å². The maximum absolute atomic E-state index is 5.83. The van der Waals surface area contributed by atoms with Gasteiger partial charge in [0.05, 0.1) is 12.7 Å². The van der Waals surface area contributed by atoms with Crippen LogP contribution in [0.1, 0.15) is 124 Å². The molecule has 0 N–H and O–H groups in total. The van der Waals surface area contributed by atoms with E-state index in [-0.39, 0.29) is 0 Å². The normalized spacial score (nSPS) is 12.6. The van der Waals surface area contributed by atoms with Crippen LogP contribution in [0.3, 0.4) is 0 Å². The quantitative estimate of drug-likeness (QED) is 0.196. The van der Waals surface area contributed by atoms with E-state index in [9.17, 15) is 0 Å². The molecule has 0 spiro atoms. The van der Waals surface area contributed by atoms with Gasteiger partial charge in [0.25, 0.3) is 0 Å². The van der Waals surface area contributed by atoms with Gasteiger partial charge in [0.1, 0.15) is 0 Å². The summed E-state index contributed by atoms with van der Waals surface area (Å²) >= 11 is 0. The standard InChI is InChI=1S/C23H48O2/c1-4-7-9-10-11-12-13-14-15-16-17-18-19-20-24-22-23(6-3)25-21-8-5-2/h23H,4-22H2,1-3H3. The van der Waals surface area contributed by atoms with Gasteiger partial charge in [0.15, 0.2) is 0 Å². The molecule has 0 aromatic heterocycles. The first-order chi connectivity index (χ1) is 12.3. The van der Waals surface area contributed by atoms with E-state index in [0.717, 1.165) is 32.7 Å². The predicted octanol–water partition coefficient (Wildman–Crippen LogP) is 7.69. The van der Waals surface area contributed by atoms with E-state index in [1.807, 2.05) is 0 Å². The van der Waals surface area contributed by atoms with Gasteiger partial charge in [0, 0.05) is 13.2 Å². The minimum absolute atomic E-state index is 0.300. The highest BCUT2D eigenvalue weighted by molar-refractivity contribution is 4.54. The Balaban J connectivity index is 3.15. The van der Waals surface area contributed by atoms with Crippen LogP contribution in [0, 0.1) is 0 Å². The molecule has 0 saturated carbocycles. The summed E-state index contributed by atoms with van der Waals surface area (Å²) in [5.41, 5.74) is 0. The first-order valence-corrected chi connectivity index (χ1v) is 11.5. The largest absolute Gasteiger partial charge is 0.379 e. The summed E-state index contributed by atoms with van der Waals surface area (Å²) in [5.74, 6) is 0. The predicted molar refractivity (Wildman–Crippen MR) is 111 cm³/mol. The van der Waals surface area contributed by atoms with Crippen molar-refractivity contribution in [3.63, 3.8) is 0 Å². The number of hydrogen-bond acceptors (Lipinski definition) is 2. The van der Waals surface area contributed by atoms with E-state index < -0.39 is 0 Å². The van der Waals surface area contributed by atoms with Crippen molar-refractivity contribution in [1.29, 1.82) is 0 Å². The van der Waals surface area contributed by atoms with Gasteiger partial charge in [-0.3, -0.25) is 0 Å². The highest BCUT2D eigenvalue weighted by Crippen LogP contribution is 2.12. The summed E-state index contributed by atoms with van der Waals surface area (Å²) in [7, 11) is 0. The van der Waals surface area contributed by atoms with Crippen molar-refractivity contribution in [2.45, 2.75) is 130 Å². The van der Waals surface area contributed by atoms with Crippen molar-refractivity contribution in [2.75, 3.05) is 19.8 Å². The van der Waals surface area contributed by atoms with Gasteiger partial charge in [-0.2, -0.15) is 0 Å². The van der Waals surface area contributed by atoms with Crippen LogP contribution < -0.4 is 0 Å². The molecule has 0 heterocycles. The lowest BCUT2D eigenvalue weighted by Gasteiger charge is -2.16. The summed E-state index contributed by atoms with van der Waals surface area (Å²) in [6.07, 6.45) is 22.0. The van der Waals surface area contributed by atoms with Crippen molar-refractivity contribution in [1.82, 2.24) is 0 Å². The van der Waals surface area contributed by atoms with Gasteiger partial charge in [-0.15, -0.1) is 0 Å². The van der Waals surface area contributed by atoms with E-state index in [1.165, 1.54) is 89.9 Å². The summed E-state index contributed by atoms with van der Waals surface area (Å²) in [5, 5.41) is 0. The fourth-order valence-corrected chi connectivity index (χ4v) is 3.11. The minimum Gasteiger partial charge on any atom is -0.379 e. The van der Waals surface area contributed by atoms with E-state index >= 15 is 0 Å². The first-order valence-electron chi connectivity index (χ1n) is 11.5. The molecule has 0 bridgehead atoms. The number of hydrogen-bond donors (Lipinski definition) is 0. The molecule has 2 heteroatoms. The highest BCUT2D eigenvalue weighted by Gasteiger charge is 2.05. The highest BCUT2D eigenvalue weighted by atomic mass is 16.5. The summed E-state index contributed by atoms with van der Waals surface area (Å²) in [6.45, 7) is 9.25. The van der Waals surface area contributed by atoms with Gasteiger partial charge < -0.3 is 9.47 Å². The van der Waals surface area contributed by atoms with Crippen molar-refractivity contribution in [3.8, 4) is 0 Å². The number of ether oxygens (including phenoxy) is 2. The van der Waals surface area contributed by atoms with Gasteiger partial charge in [-0.1, -0.05) is 104 Å². The Labute approximate surface area is 159 Å². The Morgan fingerprint density at radius 2 is 1.00 bits per heavy atom. The molecular weight excluding hydrogens is 308 g/mol. The second kappa shape index (κ2) is 22.0. The van der Waals surface area contributed by atoms with Crippen LogP contribution >= 0.6 is 0 Å². The SMILES string of the molecule is CCCCCCCCCCCCCCCOCC(CC)OCCCC. The fraction of sp³-hybridized carbons (Fsp3) is 1.00. The molecule has 25 heavy (non-hydrogen) atoms. The average Bonchev–Trinajstić information content (AvgIpc) is 2.63. The molecule has 0 aliphatic rings. The zero-order chi connectivity index (χ0) is 18.4. The first kappa shape index (κ1) is 24.9. The smallest absolute Gasteiger partial charge is 0.0805 e. The third kappa shape index (κ3) is 20.1. The van der Waals surface area contributed by atoms with Crippen molar-refractivity contribution in [2.24, 2.45) is 0 Å². The Kier molecular flexibility index (Phi) is 21.9. The van der Waals surface area contributed by atoms with E-state index in [0.29, 0.717) is 6.10 Å². The molecule has 0 fully saturated rings. The molecule has 0 aromatic carbocycles. The lowest BCUT2D eigenvalue weighted by molar-refractivity contribution is -0.0197. The molecule has 0 aliphatic heterocycles. The Hall–Kier alpha value is -0.0800. The van der Waals surface area contributed by atoms with Gasteiger partial charge in [0.2, 0.25) is 0 Å². The van der Waals surface area contributed by atoms with Crippen LogP contribution in [0.5, 0.6) is 0 Å². The maximum Gasteiger partial charge on any atom is 0.0805 e. The van der Waals surface area contributed by atoms with Crippen LogP contribution in [0.15, 0.2) is 0 Å². The van der Waals surface area contributed by atoms with Crippen LogP contribution in [0.25, 0.3) is 0 Å². The molecule has 0 aliphatic carbocycles. The van der Waals surface area contributed by atoms with Gasteiger partial charge >= 0.3 is 0 Å². The van der Waals surface area contributed by atoms with Crippen molar-refractivity contribution >= 4 is 0 Å². The lowest BCUT2D eigenvalue weighted by Crippen LogP contribution is -2.20. The van der Waals surface area contributed by atoms with Crippen LogP contribution in [-0.2, 0) is 9.47 Å². The third-order valence-corrected chi connectivity index (χ3v) is 5.00. The molecule has 0 rings (SSSR count). The monoisotopic (exact) mass is 356 g/mol. The van der Waals surface area contributed by atoms with Crippen molar-refractivity contribution in [3.05, 3.63) is 0 Å². The maximum atomic E-state index is 5.83. The number of unbranched alkanes of at least 4 members (excludes halogenated alkanes) is 13. The average molecular weight is 357 g/mol. The third-order valence-electron chi connectivity index (χ3n) is 5.00. The molecule has 0 amide bonds. The fourth-order valence-electron chi connectivity index (χ4n) is 3.11. The summed E-state index contributed by atoms with van der Waals surface area (Å²) in [4.78, 5) is 0. The van der Waals surface area contributed by atoms with Gasteiger partial charge in [-0.25, -0.2) is 0 Å². The van der Waals surface area contributed by atoms with E-state index in [4.69, 9.17) is 9.47 Å². The molecule has 2 nitrogen and oxygen atoms in total. The van der Waals surface area contributed by atoms with Gasteiger partial charge in [-0.05, 0) is 19.3 Å². The summed E-state index contributed by atoms with van der Waals surface area (Å²) < 4.78 is 11.6. The Morgan fingerprint density at radius 1 is 0.520 bits per heavy atom. The van der Waals surface area contributed by atoms with E-state index in [2.05, 4.69) is 20.8 Å². The molecule has 1 unspecified atom stereocenters. The van der Waals surface area contributed by atoms with Crippen molar-refractivity contribution < 1.29 is 9.47 Å². The molecule has 0 aromatic rings. The van der Waals surface area contributed by atoms with Crippen LogP contribution in [-0.4, -0.2) is 25.9 Å². The Morgan fingerprint density at radius 3 is 1.48 bits per heavy atom. The van der Waals surface area contributed by atoms with Crippen LogP contribution in [0.4, 0.5) is 0 Å². The topological polar surface area (TPSA) is 18.5 Å². The number of rotatable bonds is 21. The second-order valence-corrected chi connectivity index (χ2v) is 7.57. The minimum atomic E-state index is 0.300. The molecule has 0 radical (unpaired) electrons. The molecular formula is C23H48O2. The van der Waals surface area contributed by atoms with E-state index in [1.54, 1.807) is 0 Å². The molecule has 0 saturated heterocycles. The molecule has 152 valence electrons. The lowest BCUT2D eigenvalue weighted by atomic mass is 10.0. The summed E-state index contributed by atoms with van der Waals surface area (Å²) in [6, 6.07) is 0. The Bertz CT molecular complexity index is 230. The molecule has 1 atom stereocenters. The zero-order valence-electron chi connectivity index (χ0n) is 17.8. The second-order valence-electron chi connectivity index (χ2n) is 7.57.